The normalized spacial score (nSPS) is 19.6. The monoisotopic (exact) mass is 375 g/mol. The van der Waals surface area contributed by atoms with Gasteiger partial charge in [-0.2, -0.15) is 4.98 Å². The number of nitrogens with zero attached hydrogens (tertiary/aromatic N) is 4. The van der Waals surface area contributed by atoms with Crippen LogP contribution in [0.25, 0.3) is 0 Å². The van der Waals surface area contributed by atoms with E-state index < -0.39 is 4.92 Å². The van der Waals surface area contributed by atoms with Crippen molar-refractivity contribution >= 4 is 17.5 Å². The Balaban J connectivity index is 1.57. The minimum absolute atomic E-state index is 0.0967. The molecule has 0 atom stereocenters. The maximum absolute atomic E-state index is 11.3. The van der Waals surface area contributed by atoms with Crippen LogP contribution in [0.2, 0.25) is 0 Å². The molecule has 1 aliphatic carbocycles. The second kappa shape index (κ2) is 9.26. The molecule has 0 unspecified atom stereocenters. The third-order valence-corrected chi connectivity index (χ3v) is 5.13. The Morgan fingerprint density at radius 2 is 2.00 bits per heavy atom. The zero-order valence-corrected chi connectivity index (χ0v) is 15.4. The highest BCUT2D eigenvalue weighted by atomic mass is 16.6. The van der Waals surface area contributed by atoms with Gasteiger partial charge in [0.1, 0.15) is 6.20 Å². The summed E-state index contributed by atoms with van der Waals surface area (Å²) in [6.45, 7) is 2.29. The van der Waals surface area contributed by atoms with Crippen LogP contribution in [0.5, 0.6) is 0 Å². The van der Waals surface area contributed by atoms with Crippen LogP contribution in [0.15, 0.2) is 18.7 Å². The maximum Gasteiger partial charge on any atom is 0.329 e. The van der Waals surface area contributed by atoms with Crippen LogP contribution in [0, 0.1) is 22.0 Å². The summed E-state index contributed by atoms with van der Waals surface area (Å²) >= 11 is 0. The molecule has 3 rings (SSSR count). The van der Waals surface area contributed by atoms with Crippen molar-refractivity contribution in [2.45, 2.75) is 32.1 Å². The standard InChI is InChI=1S/C17H26N8O2/c18-7-12-1-3-13(4-2-12)8-21-16-15(25(26)27)10-22-17(24-16)20-6-5-14-9-19-11-23-14/h9-13H,1-8,18H2,(H,19,23)(H2,20,21,22,24)/p+1. The van der Waals surface area contributed by atoms with Crippen molar-refractivity contribution < 1.29 is 10.7 Å². The van der Waals surface area contributed by atoms with Gasteiger partial charge in [-0.1, -0.05) is 0 Å². The Hall–Kier alpha value is -2.75. The topological polar surface area (TPSA) is 149 Å². The molecule has 1 fully saturated rings. The molecule has 2 aromatic rings. The third kappa shape index (κ3) is 5.36. The first-order valence-corrected chi connectivity index (χ1v) is 9.41. The number of rotatable bonds is 9. The third-order valence-electron chi connectivity index (χ3n) is 5.13. The van der Waals surface area contributed by atoms with Crippen LogP contribution in [0.1, 0.15) is 31.4 Å². The molecular formula is C17H27N8O2+. The number of nitro groups is 1. The van der Waals surface area contributed by atoms with Gasteiger partial charge in [0.25, 0.3) is 0 Å². The van der Waals surface area contributed by atoms with Crippen molar-refractivity contribution in [3.63, 3.8) is 0 Å². The van der Waals surface area contributed by atoms with E-state index in [0.717, 1.165) is 37.4 Å². The Morgan fingerprint density at radius 3 is 2.67 bits per heavy atom. The Labute approximate surface area is 157 Å². The molecule has 0 bridgehead atoms. The number of H-pyrrole nitrogens is 1. The van der Waals surface area contributed by atoms with Gasteiger partial charge >= 0.3 is 5.69 Å². The van der Waals surface area contributed by atoms with E-state index in [0.29, 0.717) is 25.0 Å². The Morgan fingerprint density at radius 1 is 1.22 bits per heavy atom. The first-order valence-electron chi connectivity index (χ1n) is 9.41. The van der Waals surface area contributed by atoms with Gasteiger partial charge in [0.05, 0.1) is 17.8 Å². The van der Waals surface area contributed by atoms with E-state index in [2.05, 4.69) is 36.3 Å². The molecule has 146 valence electrons. The Kier molecular flexibility index (Phi) is 6.53. The molecule has 6 N–H and O–H groups in total. The lowest BCUT2D eigenvalue weighted by Gasteiger charge is -2.26. The van der Waals surface area contributed by atoms with Crippen molar-refractivity contribution in [2.24, 2.45) is 11.8 Å². The smallest absolute Gasteiger partial charge is 0.329 e. The summed E-state index contributed by atoms with van der Waals surface area (Å²) in [6.07, 6.45) is 10.00. The van der Waals surface area contributed by atoms with Crippen LogP contribution in [0.3, 0.4) is 0 Å². The number of anilines is 2. The molecule has 0 radical (unpaired) electrons. The van der Waals surface area contributed by atoms with E-state index in [1.807, 2.05) is 0 Å². The van der Waals surface area contributed by atoms with Crippen molar-refractivity contribution in [2.75, 3.05) is 30.3 Å². The van der Waals surface area contributed by atoms with Gasteiger partial charge in [-0.15, -0.1) is 0 Å². The lowest BCUT2D eigenvalue weighted by atomic mass is 9.82. The Bertz CT molecular complexity index is 729. The molecule has 0 saturated heterocycles. The predicted octanol–water partition coefficient (Wildman–Crippen LogP) is 1.22. The van der Waals surface area contributed by atoms with E-state index >= 15 is 0 Å². The second-order valence-electron chi connectivity index (χ2n) is 6.99. The molecular weight excluding hydrogens is 348 g/mol. The highest BCUT2D eigenvalue weighted by Gasteiger charge is 2.23. The quantitative estimate of drug-likeness (QED) is 0.380. The maximum atomic E-state index is 11.3. The predicted molar refractivity (Wildman–Crippen MR) is 101 cm³/mol. The van der Waals surface area contributed by atoms with Crippen molar-refractivity contribution in [1.29, 1.82) is 0 Å². The zero-order chi connectivity index (χ0) is 19.1. The largest absolute Gasteiger partial charge is 0.364 e. The molecule has 2 heterocycles. The average Bonchev–Trinajstić information content (AvgIpc) is 3.20. The molecule has 1 aliphatic rings. The minimum Gasteiger partial charge on any atom is -0.364 e. The van der Waals surface area contributed by atoms with Crippen molar-refractivity contribution in [1.82, 2.24) is 19.9 Å². The van der Waals surface area contributed by atoms with Crippen LogP contribution in [-0.2, 0) is 6.42 Å². The lowest BCUT2D eigenvalue weighted by molar-refractivity contribution is -0.384. The van der Waals surface area contributed by atoms with Crippen LogP contribution in [0.4, 0.5) is 17.5 Å². The summed E-state index contributed by atoms with van der Waals surface area (Å²) in [5.74, 6) is 1.89. The van der Waals surface area contributed by atoms with Gasteiger partial charge in [0.15, 0.2) is 0 Å². The van der Waals surface area contributed by atoms with Crippen LogP contribution < -0.4 is 16.4 Å². The lowest BCUT2D eigenvalue weighted by Crippen LogP contribution is -2.54. The fraction of sp³-hybridized carbons (Fsp3) is 0.588. The number of aromatic amines is 1. The molecule has 0 aliphatic heterocycles. The summed E-state index contributed by atoms with van der Waals surface area (Å²) in [4.78, 5) is 26.2. The number of imidazole rings is 1. The highest BCUT2D eigenvalue weighted by molar-refractivity contribution is 5.57. The van der Waals surface area contributed by atoms with E-state index in [-0.39, 0.29) is 11.5 Å². The number of quaternary nitrogens is 1. The molecule has 0 aromatic carbocycles. The highest BCUT2D eigenvalue weighted by Crippen LogP contribution is 2.29. The fourth-order valence-electron chi connectivity index (χ4n) is 3.42. The first-order chi connectivity index (χ1) is 13.2. The van der Waals surface area contributed by atoms with Gasteiger partial charge in [-0.3, -0.25) is 10.1 Å². The summed E-state index contributed by atoms with van der Waals surface area (Å²) in [7, 11) is 0. The summed E-state index contributed by atoms with van der Waals surface area (Å²) < 4.78 is 0. The minimum atomic E-state index is -0.448. The molecule has 27 heavy (non-hydrogen) atoms. The van der Waals surface area contributed by atoms with Crippen LogP contribution >= 0.6 is 0 Å². The van der Waals surface area contributed by atoms with E-state index in [1.54, 1.807) is 12.5 Å². The summed E-state index contributed by atoms with van der Waals surface area (Å²) in [5.41, 5.74) is 4.89. The first kappa shape index (κ1) is 19.0. The van der Waals surface area contributed by atoms with Gasteiger partial charge in [-0.05, 0) is 31.6 Å². The van der Waals surface area contributed by atoms with Crippen molar-refractivity contribution in [3.05, 3.63) is 34.5 Å². The SMILES string of the molecule is [NH3+]CC1CCC(CNc2nc(NCCc3cnc[nH]3)ncc2[N+](=O)[O-])CC1. The molecule has 0 spiro atoms. The summed E-state index contributed by atoms with van der Waals surface area (Å²) in [6, 6.07) is 0. The van der Waals surface area contributed by atoms with Crippen molar-refractivity contribution in [3.8, 4) is 0 Å². The number of nitrogens with one attached hydrogen (secondary N) is 3. The number of aromatic nitrogens is 4. The fourth-order valence-corrected chi connectivity index (χ4v) is 3.42. The van der Waals surface area contributed by atoms with Gasteiger partial charge < -0.3 is 21.4 Å². The van der Waals surface area contributed by atoms with E-state index in [4.69, 9.17) is 0 Å². The van der Waals surface area contributed by atoms with Gasteiger partial charge in [-0.25, -0.2) is 9.97 Å². The van der Waals surface area contributed by atoms with E-state index in [1.165, 1.54) is 19.0 Å². The molecule has 1 saturated carbocycles. The van der Waals surface area contributed by atoms with Gasteiger partial charge in [0, 0.05) is 37.3 Å². The average molecular weight is 375 g/mol. The molecule has 10 nitrogen and oxygen atoms in total. The van der Waals surface area contributed by atoms with Gasteiger partial charge in [0.2, 0.25) is 11.8 Å². The number of hydrogen-bond acceptors (Lipinski definition) is 7. The zero-order valence-electron chi connectivity index (χ0n) is 15.4. The molecule has 0 amide bonds. The van der Waals surface area contributed by atoms with E-state index in [9.17, 15) is 10.1 Å². The molecule has 10 heteroatoms. The van der Waals surface area contributed by atoms with Crippen LogP contribution in [-0.4, -0.2) is 44.5 Å². The molecule has 2 aromatic heterocycles. The number of hydrogen-bond donors (Lipinski definition) is 4. The second-order valence-corrected chi connectivity index (χ2v) is 6.99. The summed E-state index contributed by atoms with van der Waals surface area (Å²) in [5, 5.41) is 17.6.